The van der Waals surface area contributed by atoms with E-state index >= 15 is 0 Å². The average molecular weight is 256 g/mol. The van der Waals surface area contributed by atoms with E-state index in [0.717, 1.165) is 21.9 Å². The summed E-state index contributed by atoms with van der Waals surface area (Å²) >= 11 is 6.08. The van der Waals surface area contributed by atoms with E-state index in [0.29, 0.717) is 5.15 Å². The average Bonchev–Trinajstić information content (AvgIpc) is 2.38. The number of halogens is 1. The van der Waals surface area contributed by atoms with E-state index in [1.54, 1.807) is 0 Å². The summed E-state index contributed by atoms with van der Waals surface area (Å²) in [4.78, 5) is 4.36. The van der Waals surface area contributed by atoms with Crippen LogP contribution in [-0.4, -0.2) is 11.2 Å². The molecule has 2 N–H and O–H groups in total. The highest BCUT2D eigenvalue weighted by atomic mass is 35.5. The van der Waals surface area contributed by atoms with Crippen LogP contribution >= 0.6 is 11.6 Å². The number of hydrogen-bond donors (Lipinski definition) is 1. The summed E-state index contributed by atoms with van der Waals surface area (Å²) in [6, 6.07) is 14.2. The standard InChI is InChI=1S/C14H10ClN3/c15-14-12(8-17-16)6-11-5-9-3-1-2-4-10(9)7-13(11)18-14/h1-8H,16H2/b17-8+. The van der Waals surface area contributed by atoms with Gasteiger partial charge in [0, 0.05) is 10.9 Å². The summed E-state index contributed by atoms with van der Waals surface area (Å²) < 4.78 is 0. The van der Waals surface area contributed by atoms with Crippen LogP contribution in [-0.2, 0) is 0 Å². The molecule has 0 bridgehead atoms. The van der Waals surface area contributed by atoms with Crippen molar-refractivity contribution in [2.75, 3.05) is 0 Å². The monoisotopic (exact) mass is 255 g/mol. The van der Waals surface area contributed by atoms with Crippen molar-refractivity contribution in [1.82, 2.24) is 4.98 Å². The Morgan fingerprint density at radius 2 is 1.78 bits per heavy atom. The Morgan fingerprint density at radius 3 is 2.50 bits per heavy atom. The lowest BCUT2D eigenvalue weighted by Crippen LogP contribution is -1.91. The van der Waals surface area contributed by atoms with E-state index in [1.807, 2.05) is 24.3 Å². The van der Waals surface area contributed by atoms with Crippen LogP contribution in [0.15, 0.2) is 47.6 Å². The number of fused-ring (bicyclic) bond motifs is 2. The van der Waals surface area contributed by atoms with Crippen molar-refractivity contribution in [3.05, 3.63) is 53.2 Å². The van der Waals surface area contributed by atoms with Crippen LogP contribution in [0.1, 0.15) is 5.56 Å². The van der Waals surface area contributed by atoms with Gasteiger partial charge in [-0.2, -0.15) is 5.10 Å². The number of hydrogen-bond acceptors (Lipinski definition) is 3. The number of benzene rings is 2. The molecule has 88 valence electrons. The fourth-order valence-corrected chi connectivity index (χ4v) is 2.22. The van der Waals surface area contributed by atoms with Crippen molar-refractivity contribution < 1.29 is 0 Å². The largest absolute Gasteiger partial charge is 0.323 e. The lowest BCUT2D eigenvalue weighted by molar-refractivity contribution is 1.26. The van der Waals surface area contributed by atoms with Gasteiger partial charge in [-0.3, -0.25) is 0 Å². The SMILES string of the molecule is N/N=C/c1cc2cc3ccccc3cc2nc1Cl. The molecule has 0 atom stereocenters. The van der Waals surface area contributed by atoms with Crippen molar-refractivity contribution in [1.29, 1.82) is 0 Å². The minimum atomic E-state index is 0.409. The Hall–Kier alpha value is -2.13. The summed E-state index contributed by atoms with van der Waals surface area (Å²) in [5.41, 5.74) is 1.59. The zero-order chi connectivity index (χ0) is 12.5. The molecule has 3 rings (SSSR count). The third-order valence-corrected chi connectivity index (χ3v) is 3.18. The molecule has 0 saturated carbocycles. The summed E-state index contributed by atoms with van der Waals surface area (Å²) in [5.74, 6) is 5.15. The molecule has 0 aliphatic rings. The Kier molecular flexibility index (Phi) is 2.61. The first-order chi connectivity index (χ1) is 8.78. The molecule has 0 aliphatic heterocycles. The van der Waals surface area contributed by atoms with Crippen LogP contribution < -0.4 is 5.84 Å². The summed E-state index contributed by atoms with van der Waals surface area (Å²) in [6.07, 6.45) is 1.50. The molecule has 3 aromatic rings. The Labute approximate surface area is 109 Å². The van der Waals surface area contributed by atoms with Gasteiger partial charge in [0.2, 0.25) is 0 Å². The lowest BCUT2D eigenvalue weighted by atomic mass is 10.1. The zero-order valence-corrected chi connectivity index (χ0v) is 10.2. The Morgan fingerprint density at radius 1 is 1.06 bits per heavy atom. The fraction of sp³-hybridized carbons (Fsp3) is 0. The van der Waals surface area contributed by atoms with Gasteiger partial charge in [0.25, 0.3) is 0 Å². The highest BCUT2D eigenvalue weighted by Crippen LogP contribution is 2.24. The minimum absolute atomic E-state index is 0.409. The van der Waals surface area contributed by atoms with Gasteiger partial charge in [0.1, 0.15) is 5.15 Å². The second-order valence-electron chi connectivity index (χ2n) is 4.04. The zero-order valence-electron chi connectivity index (χ0n) is 9.47. The van der Waals surface area contributed by atoms with E-state index in [2.05, 4.69) is 28.3 Å². The first-order valence-corrected chi connectivity index (χ1v) is 5.88. The van der Waals surface area contributed by atoms with E-state index in [4.69, 9.17) is 17.4 Å². The molecule has 4 heteroatoms. The highest BCUT2D eigenvalue weighted by Gasteiger charge is 2.04. The van der Waals surface area contributed by atoms with Crippen LogP contribution in [0.5, 0.6) is 0 Å². The molecule has 1 heterocycles. The third-order valence-electron chi connectivity index (χ3n) is 2.88. The van der Waals surface area contributed by atoms with Crippen LogP contribution in [0.25, 0.3) is 21.7 Å². The smallest absolute Gasteiger partial charge is 0.138 e. The Bertz CT molecular complexity index is 765. The maximum absolute atomic E-state index is 6.08. The lowest BCUT2D eigenvalue weighted by Gasteiger charge is -2.04. The number of pyridine rings is 1. The molecule has 0 aliphatic carbocycles. The maximum Gasteiger partial charge on any atom is 0.138 e. The minimum Gasteiger partial charge on any atom is -0.323 e. The van der Waals surface area contributed by atoms with Crippen molar-refractivity contribution in [2.45, 2.75) is 0 Å². The van der Waals surface area contributed by atoms with Crippen LogP contribution in [0.3, 0.4) is 0 Å². The summed E-state index contributed by atoms with van der Waals surface area (Å²) in [6.45, 7) is 0. The molecule has 0 radical (unpaired) electrons. The van der Waals surface area contributed by atoms with Gasteiger partial charge in [-0.15, -0.1) is 0 Å². The number of rotatable bonds is 1. The molecular formula is C14H10ClN3. The van der Waals surface area contributed by atoms with Crippen molar-refractivity contribution >= 4 is 39.5 Å². The normalized spacial score (nSPS) is 11.6. The van der Waals surface area contributed by atoms with Gasteiger partial charge in [0.05, 0.1) is 11.7 Å². The van der Waals surface area contributed by atoms with Gasteiger partial charge >= 0.3 is 0 Å². The first kappa shape index (κ1) is 11.0. The van der Waals surface area contributed by atoms with Crippen LogP contribution in [0.4, 0.5) is 0 Å². The molecule has 0 amide bonds. The van der Waals surface area contributed by atoms with Gasteiger partial charge in [-0.05, 0) is 29.0 Å². The van der Waals surface area contributed by atoms with Gasteiger partial charge in [-0.25, -0.2) is 4.98 Å². The second kappa shape index (κ2) is 4.27. The molecule has 3 nitrogen and oxygen atoms in total. The quantitative estimate of drug-likeness (QED) is 0.238. The molecule has 0 unspecified atom stereocenters. The molecule has 0 saturated heterocycles. The van der Waals surface area contributed by atoms with Gasteiger partial charge in [0.15, 0.2) is 0 Å². The Balaban J connectivity index is 2.36. The van der Waals surface area contributed by atoms with Crippen LogP contribution in [0, 0.1) is 0 Å². The highest BCUT2D eigenvalue weighted by molar-refractivity contribution is 6.32. The number of hydrazone groups is 1. The van der Waals surface area contributed by atoms with E-state index in [-0.39, 0.29) is 0 Å². The molecule has 18 heavy (non-hydrogen) atoms. The number of nitrogens with zero attached hydrogens (tertiary/aromatic N) is 2. The van der Waals surface area contributed by atoms with E-state index < -0.39 is 0 Å². The van der Waals surface area contributed by atoms with Gasteiger partial charge in [-0.1, -0.05) is 35.9 Å². The predicted molar refractivity (Wildman–Crippen MR) is 76.0 cm³/mol. The summed E-state index contributed by atoms with van der Waals surface area (Å²) in [7, 11) is 0. The van der Waals surface area contributed by atoms with Gasteiger partial charge < -0.3 is 5.84 Å². The van der Waals surface area contributed by atoms with E-state index in [1.165, 1.54) is 11.6 Å². The third kappa shape index (κ3) is 1.79. The molecular weight excluding hydrogens is 246 g/mol. The maximum atomic E-state index is 6.08. The van der Waals surface area contributed by atoms with E-state index in [9.17, 15) is 0 Å². The number of aromatic nitrogens is 1. The topological polar surface area (TPSA) is 51.3 Å². The summed E-state index contributed by atoms with van der Waals surface area (Å²) in [5, 5.41) is 7.24. The predicted octanol–water partition coefficient (Wildman–Crippen LogP) is 3.33. The van der Waals surface area contributed by atoms with Crippen LogP contribution in [0.2, 0.25) is 5.15 Å². The molecule has 0 spiro atoms. The van der Waals surface area contributed by atoms with Crippen molar-refractivity contribution in [2.24, 2.45) is 10.9 Å². The first-order valence-electron chi connectivity index (χ1n) is 5.50. The second-order valence-corrected chi connectivity index (χ2v) is 4.40. The molecule has 1 aromatic heterocycles. The molecule has 2 aromatic carbocycles. The van der Waals surface area contributed by atoms with Crippen molar-refractivity contribution in [3.63, 3.8) is 0 Å². The fourth-order valence-electron chi connectivity index (χ4n) is 2.03. The number of nitrogens with two attached hydrogens (primary N) is 1. The molecule has 0 fully saturated rings. The van der Waals surface area contributed by atoms with Crippen molar-refractivity contribution in [3.8, 4) is 0 Å².